The van der Waals surface area contributed by atoms with Crippen LogP contribution in [0.15, 0.2) is 6.33 Å². The van der Waals surface area contributed by atoms with Crippen molar-refractivity contribution in [3.05, 3.63) is 17.6 Å². The van der Waals surface area contributed by atoms with Gasteiger partial charge in [0.05, 0.1) is 0 Å². The molecule has 0 saturated heterocycles. The molecule has 94 valence electrons. The zero-order valence-electron chi connectivity index (χ0n) is 10.5. The molecule has 0 saturated carbocycles. The number of aromatic nitrogens is 2. The first-order chi connectivity index (χ1) is 8.36. The Morgan fingerprint density at radius 3 is 2.94 bits per heavy atom. The molecule has 1 aromatic rings. The van der Waals surface area contributed by atoms with Crippen molar-refractivity contribution in [1.82, 2.24) is 9.97 Å². The molecule has 1 heterocycles. The van der Waals surface area contributed by atoms with Crippen LogP contribution in [0.3, 0.4) is 0 Å². The quantitative estimate of drug-likeness (QED) is 0.730. The van der Waals surface area contributed by atoms with Gasteiger partial charge in [0.2, 0.25) is 0 Å². The van der Waals surface area contributed by atoms with Gasteiger partial charge in [0.25, 0.3) is 0 Å². The minimum atomic E-state index is 0.655. The molecule has 0 spiro atoms. The minimum absolute atomic E-state index is 0.655. The van der Waals surface area contributed by atoms with Crippen molar-refractivity contribution in [2.45, 2.75) is 39.0 Å². The Morgan fingerprint density at radius 1 is 1.29 bits per heavy atom. The first-order valence-electron chi connectivity index (χ1n) is 6.50. The van der Waals surface area contributed by atoms with Crippen LogP contribution in [0.5, 0.6) is 0 Å². The molecule has 1 aliphatic carbocycles. The highest BCUT2D eigenvalue weighted by atomic mass is 35.5. The van der Waals surface area contributed by atoms with Gasteiger partial charge in [-0.05, 0) is 25.7 Å². The molecule has 2 rings (SSSR count). The van der Waals surface area contributed by atoms with E-state index in [0.717, 1.165) is 31.7 Å². The number of alkyl halides is 1. The van der Waals surface area contributed by atoms with Gasteiger partial charge in [0.15, 0.2) is 0 Å². The normalized spacial score (nSPS) is 13.8. The summed E-state index contributed by atoms with van der Waals surface area (Å²) in [5.74, 6) is 1.78. The highest BCUT2D eigenvalue weighted by Gasteiger charge is 2.20. The van der Waals surface area contributed by atoms with E-state index in [9.17, 15) is 0 Å². The lowest BCUT2D eigenvalue weighted by Gasteiger charge is -2.24. The van der Waals surface area contributed by atoms with E-state index in [1.54, 1.807) is 6.33 Å². The zero-order valence-corrected chi connectivity index (χ0v) is 11.2. The molecule has 17 heavy (non-hydrogen) atoms. The second-order valence-electron chi connectivity index (χ2n) is 4.51. The van der Waals surface area contributed by atoms with Crippen LogP contribution in [0.25, 0.3) is 0 Å². The smallest absolute Gasteiger partial charge is 0.135 e. The van der Waals surface area contributed by atoms with E-state index >= 15 is 0 Å². The molecule has 3 nitrogen and oxygen atoms in total. The second-order valence-corrected chi connectivity index (χ2v) is 4.88. The number of hydrogen-bond acceptors (Lipinski definition) is 3. The van der Waals surface area contributed by atoms with E-state index in [1.807, 2.05) is 0 Å². The maximum Gasteiger partial charge on any atom is 0.135 e. The molecule has 0 atom stereocenters. The monoisotopic (exact) mass is 253 g/mol. The van der Waals surface area contributed by atoms with Crippen molar-refractivity contribution < 1.29 is 0 Å². The third-order valence-electron chi connectivity index (χ3n) is 3.29. The molecule has 4 heteroatoms. The van der Waals surface area contributed by atoms with Crippen molar-refractivity contribution in [3.63, 3.8) is 0 Å². The third kappa shape index (κ3) is 2.89. The lowest BCUT2D eigenvalue weighted by Crippen LogP contribution is -2.28. The summed E-state index contributed by atoms with van der Waals surface area (Å²) in [6, 6.07) is 0. The van der Waals surface area contributed by atoms with Gasteiger partial charge in [0.1, 0.15) is 12.1 Å². The van der Waals surface area contributed by atoms with E-state index in [-0.39, 0.29) is 0 Å². The number of nitrogens with zero attached hydrogens (tertiary/aromatic N) is 3. The van der Waals surface area contributed by atoms with Crippen molar-refractivity contribution in [1.29, 1.82) is 0 Å². The number of fused-ring (bicyclic) bond motifs is 1. The van der Waals surface area contributed by atoms with Crippen LogP contribution in [-0.4, -0.2) is 28.9 Å². The van der Waals surface area contributed by atoms with Gasteiger partial charge in [-0.25, -0.2) is 9.97 Å². The number of anilines is 1. The topological polar surface area (TPSA) is 29.0 Å². The Labute approximate surface area is 108 Å². The molecule has 0 unspecified atom stereocenters. The standard InChI is InChI=1S/C13H20ClN3/c1-2-3-8-17(9-7-14)13-11-5-4-6-12(11)15-10-16-13/h10H,2-9H2,1H3. The summed E-state index contributed by atoms with van der Waals surface area (Å²) >= 11 is 5.89. The van der Waals surface area contributed by atoms with Gasteiger partial charge in [-0.1, -0.05) is 13.3 Å². The molecular formula is C13H20ClN3. The zero-order chi connectivity index (χ0) is 12.1. The molecule has 0 amide bonds. The SMILES string of the molecule is CCCCN(CCCl)c1ncnc2c1CCC2. The predicted molar refractivity (Wildman–Crippen MR) is 71.9 cm³/mol. The molecule has 0 N–H and O–H groups in total. The fraction of sp³-hybridized carbons (Fsp3) is 0.692. The van der Waals surface area contributed by atoms with Gasteiger partial charge < -0.3 is 4.90 Å². The summed E-state index contributed by atoms with van der Waals surface area (Å²) in [7, 11) is 0. The summed E-state index contributed by atoms with van der Waals surface area (Å²) < 4.78 is 0. The van der Waals surface area contributed by atoms with Crippen molar-refractivity contribution in [2.24, 2.45) is 0 Å². The first-order valence-corrected chi connectivity index (χ1v) is 7.04. The maximum atomic E-state index is 5.89. The van der Waals surface area contributed by atoms with E-state index in [4.69, 9.17) is 11.6 Å². The summed E-state index contributed by atoms with van der Waals surface area (Å²) in [5.41, 5.74) is 2.60. The summed E-state index contributed by atoms with van der Waals surface area (Å²) in [6.45, 7) is 4.14. The molecule has 0 radical (unpaired) electrons. The van der Waals surface area contributed by atoms with E-state index in [2.05, 4.69) is 21.8 Å². The number of halogens is 1. The fourth-order valence-electron chi connectivity index (χ4n) is 2.39. The minimum Gasteiger partial charge on any atom is -0.355 e. The van der Waals surface area contributed by atoms with Gasteiger partial charge in [-0.15, -0.1) is 11.6 Å². The van der Waals surface area contributed by atoms with Gasteiger partial charge >= 0.3 is 0 Å². The van der Waals surface area contributed by atoms with Crippen molar-refractivity contribution >= 4 is 17.4 Å². The van der Waals surface area contributed by atoms with Crippen LogP contribution in [-0.2, 0) is 12.8 Å². The number of rotatable bonds is 6. The Hall–Kier alpha value is -0.830. The van der Waals surface area contributed by atoms with Crippen molar-refractivity contribution in [3.8, 4) is 0 Å². The average molecular weight is 254 g/mol. The average Bonchev–Trinajstić information content (AvgIpc) is 2.82. The van der Waals surface area contributed by atoms with E-state index in [0.29, 0.717) is 5.88 Å². The Kier molecular flexibility index (Phi) is 4.60. The van der Waals surface area contributed by atoms with Crippen LogP contribution < -0.4 is 4.90 Å². The Bertz CT molecular complexity index is 368. The predicted octanol–water partition coefficient (Wildman–Crippen LogP) is 2.81. The molecule has 0 aromatic carbocycles. The Balaban J connectivity index is 2.20. The highest BCUT2D eigenvalue weighted by molar-refractivity contribution is 6.18. The number of unbranched alkanes of at least 4 members (excludes halogenated alkanes) is 1. The van der Waals surface area contributed by atoms with Crippen molar-refractivity contribution in [2.75, 3.05) is 23.9 Å². The lowest BCUT2D eigenvalue weighted by molar-refractivity contribution is 0.720. The van der Waals surface area contributed by atoms with E-state index < -0.39 is 0 Å². The first kappa shape index (κ1) is 12.6. The molecule has 0 fully saturated rings. The molecule has 1 aromatic heterocycles. The fourth-order valence-corrected chi connectivity index (χ4v) is 2.59. The highest BCUT2D eigenvalue weighted by Crippen LogP contribution is 2.27. The molecular weight excluding hydrogens is 234 g/mol. The molecule has 0 aliphatic heterocycles. The largest absolute Gasteiger partial charge is 0.355 e. The second kappa shape index (κ2) is 6.20. The van der Waals surface area contributed by atoms with Crippen LogP contribution in [0.4, 0.5) is 5.82 Å². The van der Waals surface area contributed by atoms with Gasteiger partial charge in [-0.3, -0.25) is 0 Å². The third-order valence-corrected chi connectivity index (χ3v) is 3.46. The van der Waals surface area contributed by atoms with Gasteiger partial charge in [-0.2, -0.15) is 0 Å². The summed E-state index contributed by atoms with van der Waals surface area (Å²) in [4.78, 5) is 11.2. The van der Waals surface area contributed by atoms with Crippen LogP contribution in [0.1, 0.15) is 37.4 Å². The maximum absolute atomic E-state index is 5.89. The van der Waals surface area contributed by atoms with Crippen LogP contribution in [0, 0.1) is 0 Å². The van der Waals surface area contributed by atoms with Crippen LogP contribution in [0.2, 0.25) is 0 Å². The lowest BCUT2D eigenvalue weighted by atomic mass is 10.2. The number of aryl methyl sites for hydroxylation is 1. The molecule has 1 aliphatic rings. The molecule has 0 bridgehead atoms. The summed E-state index contributed by atoms with van der Waals surface area (Å²) in [6.07, 6.45) is 7.53. The number of hydrogen-bond donors (Lipinski definition) is 0. The van der Waals surface area contributed by atoms with Gasteiger partial charge in [0, 0.05) is 30.2 Å². The van der Waals surface area contributed by atoms with Crippen LogP contribution >= 0.6 is 11.6 Å². The summed E-state index contributed by atoms with van der Waals surface area (Å²) in [5, 5.41) is 0. The van der Waals surface area contributed by atoms with E-state index in [1.165, 1.54) is 30.5 Å². The Morgan fingerprint density at radius 2 is 2.18 bits per heavy atom.